The topological polar surface area (TPSA) is 116 Å². The fraction of sp³-hybridized carbons (Fsp3) is 0.375. The number of benzene rings is 1. The number of nitrogens with one attached hydrogen (secondary N) is 3. The highest BCUT2D eigenvalue weighted by Gasteiger charge is 2.28. The highest BCUT2D eigenvalue weighted by molar-refractivity contribution is 7.17. The number of aromatic nitrogens is 2. The number of phenols is 1. The van der Waals surface area contributed by atoms with Crippen LogP contribution in [-0.4, -0.2) is 46.4 Å². The SMILES string of the molecule is Cc1cccc(-c2cc(C(=O)Nc3sc4c(c3C(=O)NCC3CCCO3)CCC4)[nH]n2)c1O. The van der Waals surface area contributed by atoms with E-state index >= 15 is 0 Å². The normalized spacial score (nSPS) is 17.2. The predicted molar refractivity (Wildman–Crippen MR) is 126 cm³/mol. The molecule has 1 fully saturated rings. The molecule has 1 unspecified atom stereocenters. The molecule has 1 saturated heterocycles. The summed E-state index contributed by atoms with van der Waals surface area (Å²) in [6.45, 7) is 3.02. The van der Waals surface area contributed by atoms with Crippen LogP contribution in [0.3, 0.4) is 0 Å². The monoisotopic (exact) mass is 466 g/mol. The Morgan fingerprint density at radius 1 is 1.27 bits per heavy atom. The third-order valence-corrected chi connectivity index (χ3v) is 7.43. The highest BCUT2D eigenvalue weighted by atomic mass is 32.1. The summed E-state index contributed by atoms with van der Waals surface area (Å²) in [5.74, 6) is -0.417. The van der Waals surface area contributed by atoms with Crippen molar-refractivity contribution in [2.75, 3.05) is 18.5 Å². The van der Waals surface area contributed by atoms with Crippen molar-refractivity contribution in [3.8, 4) is 17.0 Å². The maximum atomic E-state index is 13.1. The number of amides is 2. The molecule has 0 bridgehead atoms. The van der Waals surface area contributed by atoms with Crippen LogP contribution in [0.2, 0.25) is 0 Å². The van der Waals surface area contributed by atoms with Crippen molar-refractivity contribution in [3.05, 3.63) is 51.5 Å². The Labute approximate surface area is 195 Å². The van der Waals surface area contributed by atoms with Crippen LogP contribution in [-0.2, 0) is 17.6 Å². The van der Waals surface area contributed by atoms with Gasteiger partial charge in [-0.15, -0.1) is 11.3 Å². The predicted octanol–water partition coefficient (Wildman–Crippen LogP) is 3.80. The average molecular weight is 467 g/mol. The molecule has 0 radical (unpaired) electrons. The summed E-state index contributed by atoms with van der Waals surface area (Å²) in [6.07, 6.45) is 4.80. The average Bonchev–Trinajstić information content (AvgIpc) is 3.58. The van der Waals surface area contributed by atoms with Crippen molar-refractivity contribution in [2.24, 2.45) is 0 Å². The summed E-state index contributed by atoms with van der Waals surface area (Å²) in [6, 6.07) is 6.98. The van der Waals surface area contributed by atoms with E-state index in [9.17, 15) is 14.7 Å². The van der Waals surface area contributed by atoms with E-state index in [0.29, 0.717) is 28.4 Å². The molecule has 3 aromatic rings. The molecule has 4 N–H and O–H groups in total. The molecule has 9 heteroatoms. The summed E-state index contributed by atoms with van der Waals surface area (Å²) in [7, 11) is 0. The van der Waals surface area contributed by atoms with Gasteiger partial charge in [0.15, 0.2) is 0 Å². The Hall–Kier alpha value is -3.17. The van der Waals surface area contributed by atoms with Crippen molar-refractivity contribution in [1.29, 1.82) is 0 Å². The fourth-order valence-corrected chi connectivity index (χ4v) is 5.73. The number of hydrogen-bond acceptors (Lipinski definition) is 6. The number of para-hydroxylation sites is 1. The number of anilines is 1. The standard InChI is InChI=1S/C24H26N4O4S/c1-13-5-2-7-15(21(13)29)17-11-18(28-27-17)22(30)26-24-20(16-8-3-9-19(16)33-24)23(31)25-12-14-6-4-10-32-14/h2,5,7,11,14,29H,3-4,6,8-10,12H2,1H3,(H,25,31)(H,26,30)(H,27,28). The number of ether oxygens (including phenoxy) is 1. The molecule has 2 aliphatic rings. The molecule has 0 spiro atoms. The first-order valence-electron chi connectivity index (χ1n) is 11.2. The van der Waals surface area contributed by atoms with E-state index in [1.165, 1.54) is 11.3 Å². The number of hydrogen-bond donors (Lipinski definition) is 4. The van der Waals surface area contributed by atoms with Gasteiger partial charge in [-0.25, -0.2) is 0 Å². The van der Waals surface area contributed by atoms with Crippen LogP contribution < -0.4 is 10.6 Å². The first-order valence-corrected chi connectivity index (χ1v) is 12.0. The van der Waals surface area contributed by atoms with Crippen LogP contribution in [0.5, 0.6) is 5.75 Å². The summed E-state index contributed by atoms with van der Waals surface area (Å²) >= 11 is 1.47. The highest BCUT2D eigenvalue weighted by Crippen LogP contribution is 2.39. The van der Waals surface area contributed by atoms with Crippen molar-refractivity contribution >= 4 is 28.2 Å². The molecule has 1 atom stereocenters. The minimum Gasteiger partial charge on any atom is -0.507 e. The third kappa shape index (κ3) is 4.26. The van der Waals surface area contributed by atoms with Gasteiger partial charge in [-0.05, 0) is 62.3 Å². The van der Waals surface area contributed by atoms with Gasteiger partial charge in [-0.3, -0.25) is 14.7 Å². The Morgan fingerprint density at radius 3 is 2.97 bits per heavy atom. The molecular weight excluding hydrogens is 440 g/mol. The van der Waals surface area contributed by atoms with E-state index < -0.39 is 0 Å². The molecule has 172 valence electrons. The summed E-state index contributed by atoms with van der Waals surface area (Å²) in [5.41, 5.74) is 3.61. The van der Waals surface area contributed by atoms with Gasteiger partial charge >= 0.3 is 0 Å². The minimum absolute atomic E-state index is 0.0557. The number of rotatable bonds is 6. The minimum atomic E-state index is -0.381. The zero-order valence-electron chi connectivity index (χ0n) is 18.4. The van der Waals surface area contributed by atoms with Crippen LogP contribution >= 0.6 is 11.3 Å². The van der Waals surface area contributed by atoms with Gasteiger partial charge in [0.05, 0.1) is 17.4 Å². The first-order chi connectivity index (χ1) is 16.0. The van der Waals surface area contributed by atoms with E-state index in [2.05, 4.69) is 20.8 Å². The zero-order chi connectivity index (χ0) is 22.9. The summed E-state index contributed by atoms with van der Waals surface area (Å²) < 4.78 is 5.61. The lowest BCUT2D eigenvalue weighted by atomic mass is 10.1. The quantitative estimate of drug-likeness (QED) is 0.441. The van der Waals surface area contributed by atoms with Crippen molar-refractivity contribution in [1.82, 2.24) is 15.5 Å². The number of aromatic amines is 1. The van der Waals surface area contributed by atoms with Crippen molar-refractivity contribution in [2.45, 2.75) is 45.1 Å². The molecule has 8 nitrogen and oxygen atoms in total. The number of fused-ring (bicyclic) bond motifs is 1. The maximum absolute atomic E-state index is 13.1. The molecule has 1 aromatic carbocycles. The number of H-pyrrole nitrogens is 1. The molecule has 3 heterocycles. The Bertz CT molecular complexity index is 1210. The Morgan fingerprint density at radius 2 is 2.15 bits per heavy atom. The Balaban J connectivity index is 1.35. The van der Waals surface area contributed by atoms with E-state index in [-0.39, 0.29) is 29.4 Å². The zero-order valence-corrected chi connectivity index (χ0v) is 19.2. The van der Waals surface area contributed by atoms with Gasteiger partial charge in [0.25, 0.3) is 11.8 Å². The van der Waals surface area contributed by atoms with Crippen molar-refractivity contribution < 1.29 is 19.4 Å². The molecular formula is C24H26N4O4S. The van der Waals surface area contributed by atoms with Crippen LogP contribution in [0, 0.1) is 6.92 Å². The van der Waals surface area contributed by atoms with E-state index in [1.807, 2.05) is 6.07 Å². The maximum Gasteiger partial charge on any atom is 0.274 e. The summed E-state index contributed by atoms with van der Waals surface area (Å²) in [5, 5.41) is 23.7. The van der Waals surface area contributed by atoms with E-state index in [1.54, 1.807) is 25.1 Å². The fourth-order valence-electron chi connectivity index (χ4n) is 4.44. The van der Waals surface area contributed by atoms with Crippen molar-refractivity contribution in [3.63, 3.8) is 0 Å². The van der Waals surface area contributed by atoms with Crippen LogP contribution in [0.1, 0.15) is 56.1 Å². The third-order valence-electron chi connectivity index (χ3n) is 6.23. The molecule has 1 aliphatic carbocycles. The van der Waals surface area contributed by atoms with Crippen LogP contribution in [0.4, 0.5) is 5.00 Å². The second-order valence-corrected chi connectivity index (χ2v) is 9.60. The largest absolute Gasteiger partial charge is 0.507 e. The van der Waals surface area contributed by atoms with Gasteiger partial charge < -0.3 is 20.5 Å². The van der Waals surface area contributed by atoms with Gasteiger partial charge in [-0.1, -0.05) is 12.1 Å². The lowest BCUT2D eigenvalue weighted by Crippen LogP contribution is -2.32. The van der Waals surface area contributed by atoms with Gasteiger partial charge in [0.2, 0.25) is 0 Å². The van der Waals surface area contributed by atoms with Gasteiger partial charge in [0.1, 0.15) is 16.4 Å². The molecule has 5 rings (SSSR count). The molecule has 0 saturated carbocycles. The summed E-state index contributed by atoms with van der Waals surface area (Å²) in [4.78, 5) is 27.2. The van der Waals surface area contributed by atoms with Crippen LogP contribution in [0.25, 0.3) is 11.3 Å². The number of carbonyl (C=O) groups is 2. The Kier molecular flexibility index (Phi) is 5.90. The lowest BCUT2D eigenvalue weighted by Gasteiger charge is -2.12. The lowest BCUT2D eigenvalue weighted by molar-refractivity contribution is 0.0858. The van der Waals surface area contributed by atoms with E-state index in [0.717, 1.165) is 54.7 Å². The number of nitrogens with zero attached hydrogens (tertiary/aromatic N) is 1. The number of aromatic hydroxyl groups is 1. The molecule has 1 aliphatic heterocycles. The van der Waals surface area contributed by atoms with Crippen LogP contribution in [0.15, 0.2) is 24.3 Å². The molecule has 33 heavy (non-hydrogen) atoms. The smallest absolute Gasteiger partial charge is 0.274 e. The number of aryl methyl sites for hydroxylation is 2. The van der Waals surface area contributed by atoms with Gasteiger partial charge in [0, 0.05) is 23.6 Å². The number of phenolic OH excluding ortho intramolecular Hbond substituents is 1. The second kappa shape index (κ2) is 8.99. The number of thiophene rings is 1. The van der Waals surface area contributed by atoms with Gasteiger partial charge in [-0.2, -0.15) is 5.10 Å². The molecule has 2 amide bonds. The molecule has 2 aromatic heterocycles. The van der Waals surface area contributed by atoms with E-state index in [4.69, 9.17) is 4.74 Å². The number of carbonyl (C=O) groups excluding carboxylic acids is 2. The first kappa shape index (κ1) is 21.7. The second-order valence-electron chi connectivity index (χ2n) is 8.50.